The third kappa shape index (κ3) is 3.51. The second-order valence-corrected chi connectivity index (χ2v) is 9.43. The molecule has 2 aliphatic rings. The first kappa shape index (κ1) is 22.2. The maximum absolute atomic E-state index is 13.1. The Hall–Kier alpha value is -4.25. The van der Waals surface area contributed by atoms with Crippen LogP contribution in [0.2, 0.25) is 0 Å². The Morgan fingerprint density at radius 1 is 0.833 bits per heavy atom. The number of benzene rings is 4. The highest BCUT2D eigenvalue weighted by Crippen LogP contribution is 2.57. The fourth-order valence-corrected chi connectivity index (χ4v) is 5.00. The van der Waals surface area contributed by atoms with Crippen molar-refractivity contribution in [1.82, 2.24) is 0 Å². The number of rotatable bonds is 5. The van der Waals surface area contributed by atoms with Gasteiger partial charge in [-0.2, -0.15) is 0 Å². The first-order valence-electron chi connectivity index (χ1n) is 12.1. The van der Waals surface area contributed by atoms with E-state index in [1.165, 1.54) is 0 Å². The van der Waals surface area contributed by atoms with E-state index in [-0.39, 0.29) is 12.1 Å². The van der Waals surface area contributed by atoms with Crippen molar-refractivity contribution >= 4 is 5.97 Å². The largest absolute Gasteiger partial charge is 0.491 e. The monoisotopic (exact) mass is 478 g/mol. The van der Waals surface area contributed by atoms with Gasteiger partial charge in [0.1, 0.15) is 29.6 Å². The zero-order valence-corrected chi connectivity index (χ0v) is 20.4. The zero-order chi connectivity index (χ0) is 24.9. The third-order valence-corrected chi connectivity index (χ3v) is 6.59. The molecule has 0 radical (unpaired) electrons. The average Bonchev–Trinajstić information content (AvgIpc) is 3.17. The number of fused-ring (bicyclic) bond motifs is 6. The second-order valence-electron chi connectivity index (χ2n) is 9.43. The van der Waals surface area contributed by atoms with Crippen LogP contribution in [0.4, 0.5) is 0 Å². The Balaban J connectivity index is 1.49. The Kier molecular flexibility index (Phi) is 5.22. The van der Waals surface area contributed by atoms with Crippen molar-refractivity contribution in [3.63, 3.8) is 0 Å². The van der Waals surface area contributed by atoms with Crippen LogP contribution < -0.4 is 14.2 Å². The molecule has 0 fully saturated rings. The molecule has 1 atom stereocenters. The molecule has 4 aromatic carbocycles. The van der Waals surface area contributed by atoms with Crippen LogP contribution in [-0.2, 0) is 16.9 Å². The minimum absolute atomic E-state index is 0.00890. The molecule has 0 bridgehead atoms. The zero-order valence-electron chi connectivity index (χ0n) is 20.4. The molecule has 5 heteroatoms. The Morgan fingerprint density at radius 3 is 2.39 bits per heavy atom. The molecule has 0 N–H and O–H groups in total. The number of hydrogen-bond donors (Lipinski definition) is 0. The molecule has 0 amide bonds. The highest BCUT2D eigenvalue weighted by atomic mass is 16.6. The van der Waals surface area contributed by atoms with Crippen LogP contribution in [0.5, 0.6) is 23.0 Å². The normalized spacial score (nSPS) is 17.2. The molecule has 2 heterocycles. The van der Waals surface area contributed by atoms with E-state index in [0.717, 1.165) is 33.6 Å². The summed E-state index contributed by atoms with van der Waals surface area (Å²) in [6.07, 6.45) is 0.00890. The molecule has 1 unspecified atom stereocenters. The molecule has 0 aliphatic carbocycles. The van der Waals surface area contributed by atoms with E-state index < -0.39 is 5.60 Å². The van der Waals surface area contributed by atoms with E-state index in [0.29, 0.717) is 29.4 Å². The van der Waals surface area contributed by atoms with Crippen molar-refractivity contribution < 1.29 is 23.7 Å². The second kappa shape index (κ2) is 8.45. The average molecular weight is 479 g/mol. The maximum Gasteiger partial charge on any atom is 0.340 e. The highest BCUT2D eigenvalue weighted by molar-refractivity contribution is 5.97. The predicted molar refractivity (Wildman–Crippen MR) is 136 cm³/mol. The molecule has 5 nitrogen and oxygen atoms in total. The van der Waals surface area contributed by atoms with Crippen molar-refractivity contribution in [3.05, 3.63) is 118 Å². The van der Waals surface area contributed by atoms with Crippen LogP contribution in [-0.4, -0.2) is 12.1 Å². The molecule has 1 spiro atoms. The van der Waals surface area contributed by atoms with Gasteiger partial charge >= 0.3 is 5.97 Å². The SMILES string of the molecule is Cc1cc2c(cc1OC(C)C)Oc1cc(OCc3ccccc3)ccc1C21OC(=O)c2ccccc21. The third-order valence-electron chi connectivity index (χ3n) is 6.59. The van der Waals surface area contributed by atoms with Crippen molar-refractivity contribution in [2.75, 3.05) is 0 Å². The van der Waals surface area contributed by atoms with E-state index in [4.69, 9.17) is 18.9 Å². The van der Waals surface area contributed by atoms with Gasteiger partial charge in [-0.25, -0.2) is 4.79 Å². The first-order chi connectivity index (χ1) is 17.5. The van der Waals surface area contributed by atoms with Gasteiger partial charge in [-0.05, 0) is 56.2 Å². The van der Waals surface area contributed by atoms with Gasteiger partial charge in [0, 0.05) is 28.8 Å². The Labute approximate surface area is 210 Å². The number of ether oxygens (including phenoxy) is 4. The van der Waals surface area contributed by atoms with Gasteiger partial charge in [0.15, 0.2) is 5.60 Å². The van der Waals surface area contributed by atoms with Crippen LogP contribution in [0.25, 0.3) is 0 Å². The topological polar surface area (TPSA) is 54.0 Å². The molecule has 4 aromatic rings. The molecule has 180 valence electrons. The quantitative estimate of drug-likeness (QED) is 0.291. The molecular weight excluding hydrogens is 452 g/mol. The first-order valence-corrected chi connectivity index (χ1v) is 12.1. The van der Waals surface area contributed by atoms with E-state index in [1.807, 2.05) is 106 Å². The summed E-state index contributed by atoms with van der Waals surface area (Å²) in [4.78, 5) is 13.1. The molecule has 0 saturated carbocycles. The fourth-order valence-electron chi connectivity index (χ4n) is 5.00. The van der Waals surface area contributed by atoms with Crippen LogP contribution in [0.3, 0.4) is 0 Å². The molecular formula is C31H26O5. The molecule has 6 rings (SSSR count). The number of carbonyl (C=O) groups is 1. The summed E-state index contributed by atoms with van der Waals surface area (Å²) in [5, 5.41) is 0. The van der Waals surface area contributed by atoms with Gasteiger partial charge in [-0.3, -0.25) is 0 Å². The van der Waals surface area contributed by atoms with Gasteiger partial charge in [0.05, 0.1) is 11.7 Å². The summed E-state index contributed by atoms with van der Waals surface area (Å²) in [5.74, 6) is 2.22. The van der Waals surface area contributed by atoms with Gasteiger partial charge < -0.3 is 18.9 Å². The molecule has 36 heavy (non-hydrogen) atoms. The van der Waals surface area contributed by atoms with Crippen LogP contribution in [0.15, 0.2) is 84.9 Å². The van der Waals surface area contributed by atoms with E-state index >= 15 is 0 Å². The summed E-state index contributed by atoms with van der Waals surface area (Å²) in [7, 11) is 0. The lowest BCUT2D eigenvalue weighted by molar-refractivity contribution is 0.0223. The predicted octanol–water partition coefficient (Wildman–Crippen LogP) is 6.93. The van der Waals surface area contributed by atoms with Gasteiger partial charge in [0.2, 0.25) is 0 Å². The lowest BCUT2D eigenvalue weighted by Crippen LogP contribution is -2.33. The van der Waals surface area contributed by atoms with Crippen LogP contribution in [0, 0.1) is 6.92 Å². The van der Waals surface area contributed by atoms with Gasteiger partial charge in [-0.1, -0.05) is 48.5 Å². The van der Waals surface area contributed by atoms with Gasteiger partial charge in [-0.15, -0.1) is 0 Å². The summed E-state index contributed by atoms with van der Waals surface area (Å²) in [6, 6.07) is 27.1. The number of esters is 1. The van der Waals surface area contributed by atoms with Crippen LogP contribution >= 0.6 is 0 Å². The highest BCUT2D eigenvalue weighted by Gasteiger charge is 2.53. The number of aryl methyl sites for hydroxylation is 1. The van der Waals surface area contributed by atoms with Gasteiger partial charge in [0.25, 0.3) is 0 Å². The molecule has 2 aliphatic heterocycles. The summed E-state index contributed by atoms with van der Waals surface area (Å²) >= 11 is 0. The van der Waals surface area contributed by atoms with Crippen molar-refractivity contribution in [3.8, 4) is 23.0 Å². The van der Waals surface area contributed by atoms with Crippen LogP contribution in [0.1, 0.15) is 52.0 Å². The summed E-state index contributed by atoms with van der Waals surface area (Å²) < 4.78 is 24.8. The standard InChI is InChI=1S/C31H26O5/c1-19(2)34-27-17-29-26(15-20(27)3)31(24-12-8-7-11-23(24)30(32)36-31)25-14-13-22(16-28(25)35-29)33-18-21-9-5-4-6-10-21/h4-17,19H,18H2,1-3H3. The van der Waals surface area contributed by atoms with E-state index in [1.54, 1.807) is 0 Å². The fraction of sp³-hybridized carbons (Fsp3) is 0.194. The molecule has 0 aromatic heterocycles. The lowest BCUT2D eigenvalue weighted by atomic mass is 9.77. The maximum atomic E-state index is 13.1. The summed E-state index contributed by atoms with van der Waals surface area (Å²) in [5.41, 5.74) is 3.80. The Bertz CT molecular complexity index is 1470. The lowest BCUT2D eigenvalue weighted by Gasteiger charge is -2.37. The van der Waals surface area contributed by atoms with Crippen molar-refractivity contribution in [2.24, 2.45) is 0 Å². The van der Waals surface area contributed by atoms with E-state index in [2.05, 4.69) is 0 Å². The minimum Gasteiger partial charge on any atom is -0.491 e. The number of carbonyl (C=O) groups excluding carboxylic acids is 1. The van der Waals surface area contributed by atoms with E-state index in [9.17, 15) is 4.79 Å². The Morgan fingerprint density at radius 2 is 1.58 bits per heavy atom. The van der Waals surface area contributed by atoms with Crippen molar-refractivity contribution in [2.45, 2.75) is 39.1 Å². The summed E-state index contributed by atoms with van der Waals surface area (Å²) in [6.45, 7) is 6.40. The number of hydrogen-bond acceptors (Lipinski definition) is 5. The van der Waals surface area contributed by atoms with Crippen molar-refractivity contribution in [1.29, 1.82) is 0 Å². The minimum atomic E-state index is -1.12. The smallest absolute Gasteiger partial charge is 0.340 e. The molecule has 0 saturated heterocycles.